The largest absolute Gasteiger partial charge is 0.493 e. The Hall–Kier alpha value is -4.53. The van der Waals surface area contributed by atoms with Crippen LogP contribution >= 0.6 is 0 Å². The summed E-state index contributed by atoms with van der Waals surface area (Å²) in [6.07, 6.45) is 1.49. The molecule has 9 heteroatoms. The molecule has 0 aliphatic rings. The van der Waals surface area contributed by atoms with Crippen LogP contribution < -0.4 is 24.4 Å². The van der Waals surface area contributed by atoms with Gasteiger partial charge in [0.25, 0.3) is 5.91 Å². The number of carbonyl (C=O) groups excluding carboxylic acids is 1. The summed E-state index contributed by atoms with van der Waals surface area (Å²) in [7, 11) is 1.52. The molecule has 0 bridgehead atoms. The molecule has 0 aromatic heterocycles. The van der Waals surface area contributed by atoms with Gasteiger partial charge in [-0.2, -0.15) is 5.10 Å². The topological polar surface area (TPSA) is 116 Å². The average Bonchev–Trinajstić information content (AvgIpc) is 2.89. The molecule has 3 rings (SSSR count). The van der Waals surface area contributed by atoms with Crippen LogP contribution in [-0.2, 0) is 6.61 Å². The molecule has 1 amide bonds. The molecule has 0 aliphatic carbocycles. The van der Waals surface area contributed by atoms with Crippen molar-refractivity contribution in [1.82, 2.24) is 5.43 Å². The summed E-state index contributed by atoms with van der Waals surface area (Å²) < 4.78 is 22.3. The summed E-state index contributed by atoms with van der Waals surface area (Å²) in [5.74, 6) is 0.697. The molecule has 0 fully saturated rings. The second-order valence-electron chi connectivity index (χ2n) is 7.43. The third-order valence-corrected chi connectivity index (χ3v) is 4.97. The Balaban J connectivity index is 1.62. The number of hydrazone groups is 1. The average molecular weight is 493 g/mol. The number of nitrogens with one attached hydrogen (secondary N) is 1. The number of hydrogen-bond acceptors (Lipinski definition) is 7. The zero-order chi connectivity index (χ0) is 25.9. The molecule has 0 unspecified atom stereocenters. The SMILES string of the molecule is CCOc1ccc(C(=O)N/N=C/c2ccc(OCc3ccc(C(=O)O)cc3)c(OC)c2)cc1OCC. The highest BCUT2D eigenvalue weighted by Gasteiger charge is 2.11. The van der Waals surface area contributed by atoms with Gasteiger partial charge in [-0.3, -0.25) is 4.79 Å². The number of aromatic carboxylic acids is 1. The summed E-state index contributed by atoms with van der Waals surface area (Å²) in [6.45, 7) is 4.91. The number of nitrogens with zero attached hydrogens (tertiary/aromatic N) is 1. The molecule has 0 saturated heterocycles. The molecule has 0 atom stereocenters. The standard InChI is InChI=1S/C27H28N2O7/c1-4-34-23-13-11-21(15-25(23)35-5-2)26(30)29-28-16-19-8-12-22(24(14-19)33-3)36-17-18-6-9-20(10-7-18)27(31)32/h6-16H,4-5,17H2,1-3H3,(H,29,30)(H,31,32)/b28-16+. The normalized spacial score (nSPS) is 10.6. The molecular weight excluding hydrogens is 464 g/mol. The third kappa shape index (κ3) is 6.99. The maximum Gasteiger partial charge on any atom is 0.335 e. The van der Waals surface area contributed by atoms with Crippen molar-refractivity contribution in [2.45, 2.75) is 20.5 Å². The number of rotatable bonds is 12. The van der Waals surface area contributed by atoms with E-state index in [0.717, 1.165) is 5.56 Å². The van der Waals surface area contributed by atoms with Crippen molar-refractivity contribution in [2.24, 2.45) is 5.10 Å². The van der Waals surface area contributed by atoms with E-state index in [2.05, 4.69) is 10.5 Å². The first-order chi connectivity index (χ1) is 17.4. The van der Waals surface area contributed by atoms with E-state index in [0.29, 0.717) is 47.3 Å². The van der Waals surface area contributed by atoms with Crippen LogP contribution in [0, 0.1) is 0 Å². The highest BCUT2D eigenvalue weighted by molar-refractivity contribution is 5.95. The minimum Gasteiger partial charge on any atom is -0.493 e. The van der Waals surface area contributed by atoms with Crippen molar-refractivity contribution in [2.75, 3.05) is 20.3 Å². The van der Waals surface area contributed by atoms with Gasteiger partial charge in [0.2, 0.25) is 0 Å². The summed E-state index contributed by atoms with van der Waals surface area (Å²) in [5, 5.41) is 13.0. The summed E-state index contributed by atoms with van der Waals surface area (Å²) in [4.78, 5) is 23.5. The maximum absolute atomic E-state index is 12.5. The predicted octanol–water partition coefficient (Wildman–Crippen LogP) is 4.53. The molecule has 3 aromatic carbocycles. The number of ether oxygens (including phenoxy) is 4. The summed E-state index contributed by atoms with van der Waals surface area (Å²) in [5.41, 5.74) is 4.60. The number of amides is 1. The molecule has 2 N–H and O–H groups in total. The Morgan fingerprint density at radius 1 is 0.833 bits per heavy atom. The number of carboxylic acid groups (broad SMARTS) is 1. The van der Waals surface area contributed by atoms with Gasteiger partial charge in [-0.15, -0.1) is 0 Å². The number of benzene rings is 3. The number of carboxylic acids is 1. The molecule has 36 heavy (non-hydrogen) atoms. The molecule has 0 spiro atoms. The molecule has 0 aliphatic heterocycles. The van der Waals surface area contributed by atoms with Crippen LogP contribution in [0.3, 0.4) is 0 Å². The first kappa shape index (κ1) is 26.1. The van der Waals surface area contributed by atoms with Gasteiger partial charge in [0, 0.05) is 5.56 Å². The van der Waals surface area contributed by atoms with E-state index >= 15 is 0 Å². The molecule has 0 saturated carbocycles. The lowest BCUT2D eigenvalue weighted by Crippen LogP contribution is -2.17. The maximum atomic E-state index is 12.5. The van der Waals surface area contributed by atoms with E-state index in [1.165, 1.54) is 25.5 Å². The number of hydrogen-bond donors (Lipinski definition) is 2. The summed E-state index contributed by atoms with van der Waals surface area (Å²) in [6, 6.07) is 16.6. The van der Waals surface area contributed by atoms with E-state index < -0.39 is 11.9 Å². The van der Waals surface area contributed by atoms with Gasteiger partial charge in [-0.05, 0) is 73.5 Å². The number of carbonyl (C=O) groups is 2. The van der Waals surface area contributed by atoms with Crippen LogP contribution in [0.5, 0.6) is 23.0 Å². The van der Waals surface area contributed by atoms with Crippen LogP contribution in [0.4, 0.5) is 0 Å². The second kappa shape index (κ2) is 12.8. The van der Waals surface area contributed by atoms with Gasteiger partial charge in [-0.25, -0.2) is 10.2 Å². The van der Waals surface area contributed by atoms with Gasteiger partial charge in [0.15, 0.2) is 23.0 Å². The van der Waals surface area contributed by atoms with Gasteiger partial charge in [0.1, 0.15) is 6.61 Å². The van der Waals surface area contributed by atoms with E-state index in [9.17, 15) is 9.59 Å². The Kier molecular flexibility index (Phi) is 9.27. The van der Waals surface area contributed by atoms with Gasteiger partial charge in [-0.1, -0.05) is 12.1 Å². The van der Waals surface area contributed by atoms with E-state index in [4.69, 9.17) is 24.1 Å². The molecule has 3 aromatic rings. The van der Waals surface area contributed by atoms with Crippen LogP contribution in [-0.4, -0.2) is 43.5 Å². The summed E-state index contributed by atoms with van der Waals surface area (Å²) >= 11 is 0. The Bertz CT molecular complexity index is 1220. The van der Waals surface area contributed by atoms with E-state index in [1.807, 2.05) is 13.8 Å². The van der Waals surface area contributed by atoms with Gasteiger partial charge in [0.05, 0.1) is 32.1 Å². The van der Waals surface area contributed by atoms with Crippen molar-refractivity contribution >= 4 is 18.1 Å². The van der Waals surface area contributed by atoms with Crippen LogP contribution in [0.1, 0.15) is 45.7 Å². The lowest BCUT2D eigenvalue weighted by Gasteiger charge is -2.12. The lowest BCUT2D eigenvalue weighted by molar-refractivity contribution is 0.0696. The van der Waals surface area contributed by atoms with Crippen molar-refractivity contribution in [3.8, 4) is 23.0 Å². The first-order valence-electron chi connectivity index (χ1n) is 11.3. The predicted molar refractivity (Wildman–Crippen MR) is 135 cm³/mol. The van der Waals surface area contributed by atoms with E-state index in [-0.39, 0.29) is 12.2 Å². The van der Waals surface area contributed by atoms with Crippen LogP contribution in [0.25, 0.3) is 0 Å². The smallest absolute Gasteiger partial charge is 0.335 e. The van der Waals surface area contributed by atoms with Crippen molar-refractivity contribution < 1.29 is 33.6 Å². The fourth-order valence-corrected chi connectivity index (χ4v) is 3.21. The van der Waals surface area contributed by atoms with Crippen LogP contribution in [0.2, 0.25) is 0 Å². The highest BCUT2D eigenvalue weighted by Crippen LogP contribution is 2.29. The Labute approximate surface area is 209 Å². The van der Waals surface area contributed by atoms with Gasteiger partial charge < -0.3 is 24.1 Å². The zero-order valence-corrected chi connectivity index (χ0v) is 20.3. The first-order valence-corrected chi connectivity index (χ1v) is 11.3. The molecular formula is C27H28N2O7. The monoisotopic (exact) mass is 492 g/mol. The molecule has 188 valence electrons. The van der Waals surface area contributed by atoms with Crippen molar-refractivity contribution in [1.29, 1.82) is 0 Å². The van der Waals surface area contributed by atoms with Gasteiger partial charge >= 0.3 is 5.97 Å². The third-order valence-electron chi connectivity index (χ3n) is 4.97. The molecule has 0 radical (unpaired) electrons. The Morgan fingerprint density at radius 3 is 2.14 bits per heavy atom. The molecule has 0 heterocycles. The highest BCUT2D eigenvalue weighted by atomic mass is 16.5. The second-order valence-corrected chi connectivity index (χ2v) is 7.43. The minimum absolute atomic E-state index is 0.212. The Morgan fingerprint density at radius 2 is 1.47 bits per heavy atom. The number of methoxy groups -OCH3 is 1. The quantitative estimate of drug-likeness (QED) is 0.282. The van der Waals surface area contributed by atoms with Crippen molar-refractivity contribution in [3.05, 3.63) is 82.9 Å². The fraction of sp³-hybridized carbons (Fsp3) is 0.222. The zero-order valence-electron chi connectivity index (χ0n) is 20.3. The lowest BCUT2D eigenvalue weighted by atomic mass is 10.1. The fourth-order valence-electron chi connectivity index (χ4n) is 3.21. The van der Waals surface area contributed by atoms with Crippen LogP contribution in [0.15, 0.2) is 65.8 Å². The van der Waals surface area contributed by atoms with Crippen molar-refractivity contribution in [3.63, 3.8) is 0 Å². The van der Waals surface area contributed by atoms with E-state index in [1.54, 1.807) is 48.5 Å². The minimum atomic E-state index is -0.979. The molecule has 9 nitrogen and oxygen atoms in total.